The molecule has 0 atom stereocenters. The molecule has 1 heterocycles. The molecule has 7 nitrogen and oxygen atoms in total. The number of rotatable bonds is 9. The predicted molar refractivity (Wildman–Crippen MR) is 117 cm³/mol. The van der Waals surface area contributed by atoms with Crippen LogP contribution in [0.3, 0.4) is 0 Å². The molecule has 1 aliphatic heterocycles. The third-order valence-corrected chi connectivity index (χ3v) is 5.73. The van der Waals surface area contributed by atoms with E-state index in [1.54, 1.807) is 26.4 Å². The Bertz CT molecular complexity index is 1040. The maximum Gasteiger partial charge on any atom is 0.338 e. The smallest absolute Gasteiger partial charge is 0.338 e. The number of ether oxygens (including phenoxy) is 5. The highest BCUT2D eigenvalue weighted by molar-refractivity contribution is 5.96. The molecule has 2 aromatic rings. The minimum absolute atomic E-state index is 0.203. The van der Waals surface area contributed by atoms with Crippen molar-refractivity contribution in [3.05, 3.63) is 41.5 Å². The van der Waals surface area contributed by atoms with Crippen LogP contribution in [0.1, 0.15) is 49.0 Å². The number of carbonyl (C=O) groups is 2. The number of esters is 2. The number of carbonyl (C=O) groups excluding carboxylic acids is 2. The standard InChI is InChI=1S/C25H28O7/c1-15(2)12-21(26)32-25(10-11-25)14-31-22-17(8-9-20(28-3)23(22)29-4)16-6-5-7-18-19(16)13-30-24(18)27/h5-9,15H,10-14H2,1-4H3. The van der Waals surface area contributed by atoms with Gasteiger partial charge in [0, 0.05) is 17.5 Å². The van der Waals surface area contributed by atoms with Gasteiger partial charge in [-0.2, -0.15) is 0 Å². The van der Waals surface area contributed by atoms with Gasteiger partial charge >= 0.3 is 11.9 Å². The van der Waals surface area contributed by atoms with E-state index in [1.807, 2.05) is 32.0 Å². The summed E-state index contributed by atoms with van der Waals surface area (Å²) in [5.41, 5.74) is 2.31. The van der Waals surface area contributed by atoms with Crippen LogP contribution in [-0.2, 0) is 20.9 Å². The lowest BCUT2D eigenvalue weighted by molar-refractivity contribution is -0.153. The van der Waals surface area contributed by atoms with Crippen molar-refractivity contribution in [2.45, 2.75) is 45.3 Å². The normalized spacial score (nSPS) is 15.7. The Kier molecular flexibility index (Phi) is 6.00. The van der Waals surface area contributed by atoms with Crippen LogP contribution in [0, 0.1) is 5.92 Å². The minimum Gasteiger partial charge on any atom is -0.493 e. The second-order valence-corrected chi connectivity index (χ2v) is 8.63. The molecule has 32 heavy (non-hydrogen) atoms. The quantitative estimate of drug-likeness (QED) is 0.530. The molecule has 0 N–H and O–H groups in total. The van der Waals surface area contributed by atoms with E-state index in [0.29, 0.717) is 29.2 Å². The van der Waals surface area contributed by atoms with Crippen LogP contribution >= 0.6 is 0 Å². The maximum atomic E-state index is 12.2. The molecule has 2 aromatic carbocycles. The highest BCUT2D eigenvalue weighted by Gasteiger charge is 2.48. The van der Waals surface area contributed by atoms with E-state index in [0.717, 1.165) is 29.5 Å². The van der Waals surface area contributed by atoms with Crippen molar-refractivity contribution < 1.29 is 33.3 Å². The van der Waals surface area contributed by atoms with Crippen LogP contribution < -0.4 is 14.2 Å². The van der Waals surface area contributed by atoms with E-state index in [1.165, 1.54) is 0 Å². The summed E-state index contributed by atoms with van der Waals surface area (Å²) in [6.45, 7) is 4.38. The molecule has 1 saturated carbocycles. The first-order valence-corrected chi connectivity index (χ1v) is 10.8. The molecule has 0 radical (unpaired) electrons. The van der Waals surface area contributed by atoms with Gasteiger partial charge < -0.3 is 23.7 Å². The zero-order chi connectivity index (χ0) is 22.9. The summed E-state index contributed by atoms with van der Waals surface area (Å²) in [5.74, 6) is 1.12. The van der Waals surface area contributed by atoms with Gasteiger partial charge in [0.05, 0.1) is 19.8 Å². The van der Waals surface area contributed by atoms with Crippen LogP contribution in [0.5, 0.6) is 17.2 Å². The summed E-state index contributed by atoms with van der Waals surface area (Å²) in [7, 11) is 3.11. The van der Waals surface area contributed by atoms with Gasteiger partial charge in [-0.15, -0.1) is 0 Å². The van der Waals surface area contributed by atoms with E-state index < -0.39 is 5.60 Å². The summed E-state index contributed by atoms with van der Waals surface area (Å²) >= 11 is 0. The summed E-state index contributed by atoms with van der Waals surface area (Å²) in [6, 6.07) is 9.16. The zero-order valence-corrected chi connectivity index (χ0v) is 18.9. The van der Waals surface area contributed by atoms with Gasteiger partial charge in [0.25, 0.3) is 0 Å². The van der Waals surface area contributed by atoms with Crippen LogP contribution in [0.2, 0.25) is 0 Å². The second-order valence-electron chi connectivity index (χ2n) is 8.63. The number of hydrogen-bond acceptors (Lipinski definition) is 7. The van der Waals surface area contributed by atoms with E-state index in [9.17, 15) is 9.59 Å². The SMILES string of the molecule is COc1ccc(-c2cccc3c2COC3=O)c(OCC2(OC(=O)CC(C)C)CC2)c1OC. The van der Waals surface area contributed by atoms with Crippen molar-refractivity contribution in [1.29, 1.82) is 0 Å². The van der Waals surface area contributed by atoms with Crippen molar-refractivity contribution >= 4 is 11.9 Å². The van der Waals surface area contributed by atoms with Gasteiger partial charge in [0.1, 0.15) is 18.8 Å². The molecule has 0 aromatic heterocycles. The lowest BCUT2D eigenvalue weighted by Gasteiger charge is -2.22. The lowest BCUT2D eigenvalue weighted by Crippen LogP contribution is -2.27. The average molecular weight is 440 g/mol. The number of fused-ring (bicyclic) bond motifs is 1. The predicted octanol–water partition coefficient (Wildman–Crippen LogP) is 4.54. The fraction of sp³-hybridized carbons (Fsp3) is 0.440. The number of cyclic esters (lactones) is 1. The van der Waals surface area contributed by atoms with Gasteiger partial charge in [-0.05, 0) is 42.5 Å². The largest absolute Gasteiger partial charge is 0.493 e. The third kappa shape index (κ3) is 4.24. The Morgan fingerprint density at radius 3 is 2.44 bits per heavy atom. The van der Waals surface area contributed by atoms with Crippen molar-refractivity contribution in [2.24, 2.45) is 5.92 Å². The van der Waals surface area contributed by atoms with Crippen LogP contribution in [0.15, 0.2) is 30.3 Å². The molecule has 0 spiro atoms. The summed E-state index contributed by atoms with van der Waals surface area (Å²) < 4.78 is 28.3. The van der Waals surface area contributed by atoms with Crippen molar-refractivity contribution in [3.8, 4) is 28.4 Å². The van der Waals surface area contributed by atoms with Gasteiger partial charge in [-0.25, -0.2) is 4.79 Å². The Morgan fingerprint density at radius 1 is 1.03 bits per heavy atom. The molecule has 4 rings (SSSR count). The van der Waals surface area contributed by atoms with E-state index in [4.69, 9.17) is 23.7 Å². The average Bonchev–Trinajstić information content (AvgIpc) is 3.42. The first kappa shape index (κ1) is 22.0. The topological polar surface area (TPSA) is 80.3 Å². The zero-order valence-electron chi connectivity index (χ0n) is 18.9. The molecule has 7 heteroatoms. The first-order valence-electron chi connectivity index (χ1n) is 10.8. The summed E-state index contributed by atoms with van der Waals surface area (Å²) in [4.78, 5) is 24.3. The highest BCUT2D eigenvalue weighted by atomic mass is 16.6. The molecule has 0 saturated heterocycles. The number of methoxy groups -OCH3 is 2. The summed E-state index contributed by atoms with van der Waals surface area (Å²) in [5, 5.41) is 0. The first-order chi connectivity index (χ1) is 15.4. The van der Waals surface area contributed by atoms with Crippen molar-refractivity contribution in [1.82, 2.24) is 0 Å². The Morgan fingerprint density at radius 2 is 1.78 bits per heavy atom. The number of hydrogen-bond donors (Lipinski definition) is 0. The minimum atomic E-state index is -0.616. The number of benzene rings is 2. The monoisotopic (exact) mass is 440 g/mol. The Balaban J connectivity index is 1.67. The second kappa shape index (κ2) is 8.73. The molecule has 1 aliphatic carbocycles. The maximum absolute atomic E-state index is 12.2. The van der Waals surface area contributed by atoms with E-state index in [-0.39, 0.29) is 31.1 Å². The summed E-state index contributed by atoms with van der Waals surface area (Å²) in [6.07, 6.45) is 1.88. The lowest BCUT2D eigenvalue weighted by atomic mass is 9.95. The molecule has 170 valence electrons. The molecule has 0 unspecified atom stereocenters. The highest BCUT2D eigenvalue weighted by Crippen LogP contribution is 2.48. The van der Waals surface area contributed by atoms with Crippen LogP contribution in [0.25, 0.3) is 11.1 Å². The Labute approximate surface area is 187 Å². The van der Waals surface area contributed by atoms with Crippen LogP contribution in [-0.4, -0.2) is 38.4 Å². The van der Waals surface area contributed by atoms with Gasteiger partial charge in [-0.3, -0.25) is 4.79 Å². The molecule has 2 aliphatic rings. The van der Waals surface area contributed by atoms with E-state index in [2.05, 4.69) is 0 Å². The molecule has 0 amide bonds. The molecule has 1 fully saturated rings. The van der Waals surface area contributed by atoms with Gasteiger partial charge in [-0.1, -0.05) is 26.0 Å². The third-order valence-electron chi connectivity index (χ3n) is 5.73. The fourth-order valence-corrected chi connectivity index (χ4v) is 3.89. The van der Waals surface area contributed by atoms with Crippen molar-refractivity contribution in [3.63, 3.8) is 0 Å². The fourth-order valence-electron chi connectivity index (χ4n) is 3.89. The van der Waals surface area contributed by atoms with Gasteiger partial charge in [0.2, 0.25) is 5.75 Å². The Hall–Kier alpha value is -3.22. The van der Waals surface area contributed by atoms with Crippen molar-refractivity contribution in [2.75, 3.05) is 20.8 Å². The molecular weight excluding hydrogens is 412 g/mol. The van der Waals surface area contributed by atoms with E-state index >= 15 is 0 Å². The van der Waals surface area contributed by atoms with Crippen LogP contribution in [0.4, 0.5) is 0 Å². The molecule has 0 bridgehead atoms. The van der Waals surface area contributed by atoms with Gasteiger partial charge in [0.15, 0.2) is 11.5 Å². The molecular formula is C25H28O7.